The van der Waals surface area contributed by atoms with E-state index in [1.807, 2.05) is 26.0 Å². The van der Waals surface area contributed by atoms with Crippen LogP contribution < -0.4 is 4.74 Å². The molecule has 0 saturated carbocycles. The molecule has 80 valence electrons. The largest absolute Gasteiger partial charge is 0.481 e. The van der Waals surface area contributed by atoms with Crippen LogP contribution in [-0.4, -0.2) is 30.1 Å². The summed E-state index contributed by atoms with van der Waals surface area (Å²) in [6.45, 7) is 4.70. The monoisotopic (exact) mass is 206 g/mol. The fraction of sp³-hybridized carbons (Fsp3) is 0.455. The van der Waals surface area contributed by atoms with Crippen molar-refractivity contribution < 1.29 is 9.47 Å². The number of pyridine rings is 1. The lowest BCUT2D eigenvalue weighted by Gasteiger charge is -2.07. The third kappa shape index (κ3) is 2.09. The van der Waals surface area contributed by atoms with Gasteiger partial charge in [-0.1, -0.05) is 0 Å². The van der Waals surface area contributed by atoms with Crippen LogP contribution in [0.3, 0.4) is 0 Å². The van der Waals surface area contributed by atoms with Crippen LogP contribution in [0.1, 0.15) is 19.4 Å². The molecule has 2 rings (SSSR count). The molecule has 0 unspecified atom stereocenters. The maximum atomic E-state index is 5.52. The molecule has 0 atom stereocenters. The van der Waals surface area contributed by atoms with Crippen molar-refractivity contribution in [3.8, 4) is 5.88 Å². The molecule has 1 aliphatic rings. The van der Waals surface area contributed by atoms with Crippen molar-refractivity contribution in [1.29, 1.82) is 0 Å². The molecule has 0 aliphatic carbocycles. The Balaban J connectivity index is 2.31. The van der Waals surface area contributed by atoms with Gasteiger partial charge in [0.15, 0.2) is 0 Å². The maximum absolute atomic E-state index is 5.52. The Morgan fingerprint density at radius 1 is 1.47 bits per heavy atom. The van der Waals surface area contributed by atoms with Gasteiger partial charge in [0, 0.05) is 17.8 Å². The molecule has 0 N–H and O–H groups in total. The van der Waals surface area contributed by atoms with Gasteiger partial charge < -0.3 is 9.47 Å². The quantitative estimate of drug-likeness (QED) is 0.739. The summed E-state index contributed by atoms with van der Waals surface area (Å²) >= 11 is 0. The first-order chi connectivity index (χ1) is 7.11. The van der Waals surface area contributed by atoms with Gasteiger partial charge in [0.2, 0.25) is 11.8 Å². The molecule has 1 aliphatic heterocycles. The highest BCUT2D eigenvalue weighted by atomic mass is 16.5. The van der Waals surface area contributed by atoms with Crippen molar-refractivity contribution >= 4 is 5.90 Å². The second-order valence-electron chi connectivity index (χ2n) is 4.10. The average Bonchev–Trinajstić information content (AvgIpc) is 2.59. The zero-order valence-corrected chi connectivity index (χ0v) is 9.15. The molecule has 15 heavy (non-hydrogen) atoms. The van der Waals surface area contributed by atoms with Gasteiger partial charge in [0.05, 0.1) is 12.6 Å². The lowest BCUT2D eigenvalue weighted by atomic mass is 10.1. The number of ether oxygens (including phenoxy) is 2. The Bertz CT molecular complexity index is 399. The van der Waals surface area contributed by atoms with Gasteiger partial charge in [-0.2, -0.15) is 0 Å². The highest BCUT2D eigenvalue weighted by Crippen LogP contribution is 2.21. The molecule has 0 saturated heterocycles. The molecule has 1 aromatic rings. The molecule has 0 radical (unpaired) electrons. The summed E-state index contributed by atoms with van der Waals surface area (Å²) in [6.07, 6.45) is 1.69. The van der Waals surface area contributed by atoms with Crippen molar-refractivity contribution in [1.82, 2.24) is 4.98 Å². The third-order valence-electron chi connectivity index (χ3n) is 2.16. The van der Waals surface area contributed by atoms with Gasteiger partial charge in [0.1, 0.15) is 6.61 Å². The number of aromatic nitrogens is 1. The number of hydrogen-bond donors (Lipinski definition) is 0. The molecule has 0 bridgehead atoms. The normalized spacial score (nSPS) is 18.2. The van der Waals surface area contributed by atoms with Gasteiger partial charge in [-0.25, -0.2) is 9.98 Å². The van der Waals surface area contributed by atoms with Gasteiger partial charge in [0.25, 0.3) is 0 Å². The molecule has 0 amide bonds. The zero-order chi connectivity index (χ0) is 10.9. The number of aliphatic imine (C=N–C) groups is 1. The molecule has 2 heterocycles. The Hall–Kier alpha value is -1.58. The molecule has 0 aromatic carbocycles. The summed E-state index contributed by atoms with van der Waals surface area (Å²) in [5.41, 5.74) is 0.777. The van der Waals surface area contributed by atoms with Gasteiger partial charge in [-0.05, 0) is 19.9 Å². The first-order valence-corrected chi connectivity index (χ1v) is 4.84. The van der Waals surface area contributed by atoms with Crippen molar-refractivity contribution in [2.75, 3.05) is 13.7 Å². The predicted octanol–water partition coefficient (Wildman–Crippen LogP) is 1.65. The summed E-state index contributed by atoms with van der Waals surface area (Å²) in [6, 6.07) is 3.68. The van der Waals surface area contributed by atoms with E-state index in [4.69, 9.17) is 9.47 Å². The number of nitrogens with zero attached hydrogens (tertiary/aromatic N) is 2. The standard InChI is InChI=1S/C11H14N2O2/c1-11(2)7-15-10(13-11)8-4-5-12-9(6-8)14-3/h4-6H,7H2,1-3H3. The van der Waals surface area contributed by atoms with Crippen LogP contribution in [0, 0.1) is 0 Å². The number of hydrogen-bond acceptors (Lipinski definition) is 4. The fourth-order valence-corrected chi connectivity index (χ4v) is 1.39. The Kier molecular flexibility index (Phi) is 2.34. The first-order valence-electron chi connectivity index (χ1n) is 4.84. The lowest BCUT2D eigenvalue weighted by Crippen LogP contribution is -2.17. The van der Waals surface area contributed by atoms with Crippen LogP contribution in [0.25, 0.3) is 0 Å². The van der Waals surface area contributed by atoms with Gasteiger partial charge in [-0.3, -0.25) is 0 Å². The van der Waals surface area contributed by atoms with Gasteiger partial charge in [-0.15, -0.1) is 0 Å². The van der Waals surface area contributed by atoms with E-state index in [1.54, 1.807) is 13.3 Å². The Morgan fingerprint density at radius 2 is 2.27 bits per heavy atom. The molecular formula is C11H14N2O2. The van der Waals surface area contributed by atoms with Crippen LogP contribution in [-0.2, 0) is 4.74 Å². The highest BCUT2D eigenvalue weighted by molar-refractivity contribution is 5.95. The maximum Gasteiger partial charge on any atom is 0.217 e. The summed E-state index contributed by atoms with van der Waals surface area (Å²) in [7, 11) is 1.59. The molecule has 1 aromatic heterocycles. The molecule has 4 nitrogen and oxygen atoms in total. The smallest absolute Gasteiger partial charge is 0.217 e. The molecule has 0 fully saturated rings. The minimum absolute atomic E-state index is 0.133. The van der Waals surface area contributed by atoms with E-state index in [0.717, 1.165) is 5.56 Å². The highest BCUT2D eigenvalue weighted by Gasteiger charge is 2.27. The van der Waals surface area contributed by atoms with Crippen LogP contribution >= 0.6 is 0 Å². The van der Waals surface area contributed by atoms with Crippen LogP contribution in [0.5, 0.6) is 5.88 Å². The second-order valence-corrected chi connectivity index (χ2v) is 4.10. The van der Waals surface area contributed by atoms with E-state index in [9.17, 15) is 0 Å². The van der Waals surface area contributed by atoms with Crippen molar-refractivity contribution in [3.05, 3.63) is 23.9 Å². The number of rotatable bonds is 2. The van der Waals surface area contributed by atoms with E-state index < -0.39 is 0 Å². The Morgan fingerprint density at radius 3 is 2.87 bits per heavy atom. The van der Waals surface area contributed by atoms with E-state index in [-0.39, 0.29) is 5.54 Å². The predicted molar refractivity (Wildman–Crippen MR) is 57.4 cm³/mol. The van der Waals surface area contributed by atoms with Crippen LogP contribution in [0.4, 0.5) is 0 Å². The third-order valence-corrected chi connectivity index (χ3v) is 2.16. The zero-order valence-electron chi connectivity index (χ0n) is 9.15. The molecular weight excluding hydrogens is 192 g/mol. The Labute approximate surface area is 89.0 Å². The fourth-order valence-electron chi connectivity index (χ4n) is 1.39. The first kappa shape index (κ1) is 9.96. The van der Waals surface area contributed by atoms with Crippen molar-refractivity contribution in [2.24, 2.45) is 4.99 Å². The number of methoxy groups -OCH3 is 1. The minimum atomic E-state index is -0.133. The summed E-state index contributed by atoms with van der Waals surface area (Å²) in [5.74, 6) is 1.24. The van der Waals surface area contributed by atoms with Crippen molar-refractivity contribution in [3.63, 3.8) is 0 Å². The van der Waals surface area contributed by atoms with E-state index >= 15 is 0 Å². The molecule has 4 heteroatoms. The van der Waals surface area contributed by atoms with E-state index in [1.165, 1.54) is 0 Å². The molecule has 0 spiro atoms. The van der Waals surface area contributed by atoms with Crippen molar-refractivity contribution in [2.45, 2.75) is 19.4 Å². The van der Waals surface area contributed by atoms with Crippen LogP contribution in [0.15, 0.2) is 23.3 Å². The van der Waals surface area contributed by atoms with E-state index in [2.05, 4.69) is 9.98 Å². The van der Waals surface area contributed by atoms with E-state index in [0.29, 0.717) is 18.4 Å². The summed E-state index contributed by atoms with van der Waals surface area (Å²) < 4.78 is 10.6. The summed E-state index contributed by atoms with van der Waals surface area (Å²) in [4.78, 5) is 8.51. The van der Waals surface area contributed by atoms with Gasteiger partial charge >= 0.3 is 0 Å². The minimum Gasteiger partial charge on any atom is -0.481 e. The summed E-state index contributed by atoms with van der Waals surface area (Å²) in [5, 5.41) is 0. The SMILES string of the molecule is COc1cc(C2=NC(C)(C)CO2)ccn1. The van der Waals surface area contributed by atoms with Crippen LogP contribution in [0.2, 0.25) is 0 Å². The topological polar surface area (TPSA) is 43.7 Å². The average molecular weight is 206 g/mol. The lowest BCUT2D eigenvalue weighted by molar-refractivity contribution is 0.279. The second kappa shape index (κ2) is 3.53.